The fourth-order valence-electron chi connectivity index (χ4n) is 2.18. The first-order valence-electron chi connectivity index (χ1n) is 6.28. The zero-order chi connectivity index (χ0) is 12.3. The first kappa shape index (κ1) is 12.7. The Kier molecular flexibility index (Phi) is 4.31. The summed E-state index contributed by atoms with van der Waals surface area (Å²) in [5.74, 6) is 0.850. The van der Waals surface area contributed by atoms with Crippen molar-refractivity contribution in [2.45, 2.75) is 31.7 Å². The Morgan fingerprint density at radius 3 is 2.76 bits per heavy atom. The number of amides is 2. The third-order valence-corrected chi connectivity index (χ3v) is 3.87. The van der Waals surface area contributed by atoms with E-state index in [9.17, 15) is 9.59 Å². The molecule has 4 nitrogen and oxygen atoms in total. The predicted octanol–water partition coefficient (Wildman–Crippen LogP) is 0.867. The van der Waals surface area contributed by atoms with Gasteiger partial charge in [0, 0.05) is 19.1 Å². The lowest BCUT2D eigenvalue weighted by Crippen LogP contribution is -2.46. The van der Waals surface area contributed by atoms with Gasteiger partial charge in [-0.3, -0.25) is 9.59 Å². The predicted molar refractivity (Wildman–Crippen MR) is 68.9 cm³/mol. The molecule has 1 unspecified atom stereocenters. The first-order chi connectivity index (χ1) is 8.20. The Hall–Kier alpha value is -0.710. The van der Waals surface area contributed by atoms with Gasteiger partial charge in [-0.25, -0.2) is 0 Å². The van der Waals surface area contributed by atoms with Crippen LogP contribution in [0.3, 0.4) is 0 Å². The lowest BCUT2D eigenvalue weighted by Gasteiger charge is -2.32. The molecule has 1 heterocycles. The van der Waals surface area contributed by atoms with Crippen LogP contribution in [0.5, 0.6) is 0 Å². The third-order valence-electron chi connectivity index (χ3n) is 3.34. The highest BCUT2D eigenvalue weighted by Crippen LogP contribution is 2.22. The van der Waals surface area contributed by atoms with Gasteiger partial charge < -0.3 is 10.2 Å². The molecule has 96 valence electrons. The van der Waals surface area contributed by atoms with Gasteiger partial charge in [-0.1, -0.05) is 0 Å². The number of likely N-dealkylation sites (tertiary alicyclic amines) is 1. The van der Waals surface area contributed by atoms with E-state index in [1.165, 1.54) is 0 Å². The summed E-state index contributed by atoms with van der Waals surface area (Å²) >= 11 is 1.54. The molecule has 1 saturated carbocycles. The maximum atomic E-state index is 11.9. The number of piperidine rings is 1. The SMILES string of the molecule is CSCC(=O)N1CCCC(C(=O)NC2CC2)C1. The van der Waals surface area contributed by atoms with E-state index >= 15 is 0 Å². The minimum Gasteiger partial charge on any atom is -0.353 e. The highest BCUT2D eigenvalue weighted by Gasteiger charge is 2.31. The van der Waals surface area contributed by atoms with Crippen LogP contribution >= 0.6 is 11.8 Å². The molecule has 1 aliphatic carbocycles. The van der Waals surface area contributed by atoms with E-state index in [1.807, 2.05) is 11.2 Å². The van der Waals surface area contributed by atoms with Gasteiger partial charge in [0.25, 0.3) is 0 Å². The van der Waals surface area contributed by atoms with Crippen LogP contribution in [-0.4, -0.2) is 47.9 Å². The fourth-order valence-corrected chi connectivity index (χ4v) is 2.61. The topological polar surface area (TPSA) is 49.4 Å². The molecule has 0 radical (unpaired) electrons. The zero-order valence-electron chi connectivity index (χ0n) is 10.3. The molecule has 0 bridgehead atoms. The first-order valence-corrected chi connectivity index (χ1v) is 7.67. The molecule has 0 spiro atoms. The summed E-state index contributed by atoms with van der Waals surface area (Å²) in [6.45, 7) is 1.42. The number of carbonyl (C=O) groups is 2. The van der Waals surface area contributed by atoms with Gasteiger partial charge >= 0.3 is 0 Å². The highest BCUT2D eigenvalue weighted by molar-refractivity contribution is 7.99. The number of rotatable bonds is 4. The van der Waals surface area contributed by atoms with Crippen molar-refractivity contribution < 1.29 is 9.59 Å². The van der Waals surface area contributed by atoms with Gasteiger partial charge in [-0.15, -0.1) is 0 Å². The van der Waals surface area contributed by atoms with Gasteiger partial charge in [0.05, 0.1) is 11.7 Å². The van der Waals surface area contributed by atoms with Crippen LogP contribution in [0.15, 0.2) is 0 Å². The molecule has 0 aromatic carbocycles. The van der Waals surface area contributed by atoms with Crippen molar-refractivity contribution in [2.75, 3.05) is 25.1 Å². The second kappa shape index (κ2) is 5.76. The normalized spacial score (nSPS) is 24.5. The standard InChI is InChI=1S/C12H20N2O2S/c1-17-8-11(15)14-6-2-3-9(7-14)12(16)13-10-4-5-10/h9-10H,2-8H2,1H3,(H,13,16). The molecule has 1 atom stereocenters. The van der Waals surface area contributed by atoms with Crippen LogP contribution in [0, 0.1) is 5.92 Å². The average molecular weight is 256 g/mol. The minimum absolute atomic E-state index is 0.00940. The van der Waals surface area contributed by atoms with Crippen LogP contribution in [0.4, 0.5) is 0 Å². The summed E-state index contributed by atoms with van der Waals surface area (Å²) in [4.78, 5) is 25.5. The molecule has 17 heavy (non-hydrogen) atoms. The fraction of sp³-hybridized carbons (Fsp3) is 0.833. The summed E-state index contributed by atoms with van der Waals surface area (Å²) in [5.41, 5.74) is 0. The van der Waals surface area contributed by atoms with Crippen LogP contribution < -0.4 is 5.32 Å². The van der Waals surface area contributed by atoms with E-state index in [0.717, 1.165) is 32.2 Å². The second-order valence-corrected chi connectivity index (χ2v) is 5.76. The van der Waals surface area contributed by atoms with Gasteiger partial charge in [-0.2, -0.15) is 11.8 Å². The molecule has 2 aliphatic rings. The van der Waals surface area contributed by atoms with E-state index in [4.69, 9.17) is 0 Å². The molecule has 2 amide bonds. The number of carbonyl (C=O) groups excluding carboxylic acids is 2. The molecule has 2 rings (SSSR count). The van der Waals surface area contributed by atoms with Crippen LogP contribution in [-0.2, 0) is 9.59 Å². The molecular formula is C12H20N2O2S. The molecular weight excluding hydrogens is 236 g/mol. The smallest absolute Gasteiger partial charge is 0.232 e. The number of thioether (sulfide) groups is 1. The Balaban J connectivity index is 1.82. The molecule has 0 aromatic rings. The van der Waals surface area contributed by atoms with Crippen molar-refractivity contribution in [1.29, 1.82) is 0 Å². The van der Waals surface area contributed by atoms with Gasteiger partial charge in [0.15, 0.2) is 0 Å². The third kappa shape index (κ3) is 3.63. The molecule has 0 aromatic heterocycles. The number of hydrogen-bond donors (Lipinski definition) is 1. The molecule has 1 N–H and O–H groups in total. The van der Waals surface area contributed by atoms with E-state index in [0.29, 0.717) is 18.3 Å². The maximum Gasteiger partial charge on any atom is 0.232 e. The largest absolute Gasteiger partial charge is 0.353 e. The Bertz CT molecular complexity index is 305. The van der Waals surface area contributed by atoms with Gasteiger partial charge in [0.2, 0.25) is 11.8 Å². The lowest BCUT2D eigenvalue weighted by molar-refractivity contribution is -0.133. The van der Waals surface area contributed by atoms with Crippen molar-refractivity contribution >= 4 is 23.6 Å². The highest BCUT2D eigenvalue weighted by atomic mass is 32.2. The average Bonchev–Trinajstić information content (AvgIpc) is 3.13. The number of nitrogens with one attached hydrogen (secondary N) is 1. The van der Waals surface area contributed by atoms with Crippen molar-refractivity contribution in [2.24, 2.45) is 5.92 Å². The Morgan fingerprint density at radius 1 is 1.35 bits per heavy atom. The van der Waals surface area contributed by atoms with E-state index in [-0.39, 0.29) is 17.7 Å². The van der Waals surface area contributed by atoms with Gasteiger partial charge in [0.1, 0.15) is 0 Å². The number of hydrogen-bond acceptors (Lipinski definition) is 3. The van der Waals surface area contributed by atoms with E-state index < -0.39 is 0 Å². The van der Waals surface area contributed by atoms with E-state index in [1.54, 1.807) is 11.8 Å². The number of nitrogens with zero attached hydrogens (tertiary/aromatic N) is 1. The minimum atomic E-state index is 0.00940. The Labute approximate surface area is 106 Å². The monoisotopic (exact) mass is 256 g/mol. The maximum absolute atomic E-state index is 11.9. The molecule has 2 fully saturated rings. The quantitative estimate of drug-likeness (QED) is 0.812. The molecule has 1 saturated heterocycles. The van der Waals surface area contributed by atoms with Crippen molar-refractivity contribution in [1.82, 2.24) is 10.2 Å². The lowest BCUT2D eigenvalue weighted by atomic mass is 9.97. The summed E-state index contributed by atoms with van der Waals surface area (Å²) < 4.78 is 0. The van der Waals surface area contributed by atoms with E-state index in [2.05, 4.69) is 5.32 Å². The molecule has 1 aliphatic heterocycles. The van der Waals surface area contributed by atoms with Crippen molar-refractivity contribution in [3.8, 4) is 0 Å². The van der Waals surface area contributed by atoms with Crippen molar-refractivity contribution in [3.63, 3.8) is 0 Å². The summed E-state index contributed by atoms with van der Waals surface area (Å²) in [6, 6.07) is 0.416. The second-order valence-electron chi connectivity index (χ2n) is 4.89. The van der Waals surface area contributed by atoms with Crippen LogP contribution in [0.2, 0.25) is 0 Å². The summed E-state index contributed by atoms with van der Waals surface area (Å²) in [6.07, 6.45) is 6.03. The Morgan fingerprint density at radius 2 is 2.12 bits per heavy atom. The zero-order valence-corrected chi connectivity index (χ0v) is 11.1. The van der Waals surface area contributed by atoms with Crippen molar-refractivity contribution in [3.05, 3.63) is 0 Å². The summed E-state index contributed by atoms with van der Waals surface area (Å²) in [5, 5.41) is 3.03. The van der Waals surface area contributed by atoms with Gasteiger partial charge in [-0.05, 0) is 31.9 Å². The summed E-state index contributed by atoms with van der Waals surface area (Å²) in [7, 11) is 0. The van der Waals surface area contributed by atoms with Crippen LogP contribution in [0.25, 0.3) is 0 Å². The molecule has 5 heteroatoms. The van der Waals surface area contributed by atoms with Crippen LogP contribution in [0.1, 0.15) is 25.7 Å².